The van der Waals surface area contributed by atoms with E-state index in [1.54, 1.807) is 13.2 Å². The van der Waals surface area contributed by atoms with Gasteiger partial charge in [-0.1, -0.05) is 36.4 Å². The molecule has 1 amide bonds. The van der Waals surface area contributed by atoms with Crippen molar-refractivity contribution >= 4 is 11.9 Å². The molecular formula is C20H23NO5. The van der Waals surface area contributed by atoms with E-state index in [1.807, 2.05) is 49.4 Å². The van der Waals surface area contributed by atoms with Gasteiger partial charge in [-0.3, -0.25) is 9.59 Å². The summed E-state index contributed by atoms with van der Waals surface area (Å²) in [6.07, 6.45) is 0.0418. The maximum atomic E-state index is 12.3. The first-order valence-electron chi connectivity index (χ1n) is 8.22. The van der Waals surface area contributed by atoms with E-state index < -0.39 is 12.0 Å². The average molecular weight is 357 g/mol. The summed E-state index contributed by atoms with van der Waals surface area (Å²) < 4.78 is 15.5. The van der Waals surface area contributed by atoms with Crippen molar-refractivity contribution in [2.24, 2.45) is 0 Å². The van der Waals surface area contributed by atoms with Gasteiger partial charge < -0.3 is 19.5 Å². The van der Waals surface area contributed by atoms with Gasteiger partial charge in [0, 0.05) is 0 Å². The summed E-state index contributed by atoms with van der Waals surface area (Å²) in [5, 5.41) is 2.81. The second-order valence-electron chi connectivity index (χ2n) is 5.75. The first-order valence-corrected chi connectivity index (χ1v) is 8.22. The zero-order chi connectivity index (χ0) is 18.9. The lowest BCUT2D eigenvalue weighted by Gasteiger charge is -2.18. The lowest BCUT2D eigenvalue weighted by Crippen LogP contribution is -2.34. The van der Waals surface area contributed by atoms with Crippen molar-refractivity contribution < 1.29 is 23.8 Å². The Bertz CT molecular complexity index is 745. The molecule has 0 aliphatic carbocycles. The Hall–Kier alpha value is -3.02. The molecule has 1 N–H and O–H groups in total. The minimum atomic E-state index is -0.486. The number of hydrogen-bond acceptors (Lipinski definition) is 5. The summed E-state index contributed by atoms with van der Waals surface area (Å²) in [5.41, 5.74) is 1.85. The molecule has 1 unspecified atom stereocenters. The zero-order valence-corrected chi connectivity index (χ0v) is 15.2. The Labute approximate surface area is 153 Å². The molecule has 1 atom stereocenters. The Morgan fingerprint density at radius 3 is 2.42 bits per heavy atom. The largest absolute Gasteiger partial charge is 0.493 e. The van der Waals surface area contributed by atoms with Crippen molar-refractivity contribution in [1.82, 2.24) is 5.32 Å². The van der Waals surface area contributed by atoms with Crippen LogP contribution in [0.15, 0.2) is 48.5 Å². The van der Waals surface area contributed by atoms with E-state index in [9.17, 15) is 9.59 Å². The summed E-state index contributed by atoms with van der Waals surface area (Å²) >= 11 is 0. The minimum Gasteiger partial charge on any atom is -0.493 e. The molecule has 6 heteroatoms. The van der Waals surface area contributed by atoms with Gasteiger partial charge in [0.1, 0.15) is 0 Å². The highest BCUT2D eigenvalue weighted by Crippen LogP contribution is 2.27. The van der Waals surface area contributed by atoms with Crippen molar-refractivity contribution in [2.75, 3.05) is 20.8 Å². The van der Waals surface area contributed by atoms with E-state index in [2.05, 4.69) is 5.32 Å². The van der Waals surface area contributed by atoms with E-state index in [0.717, 1.165) is 11.1 Å². The maximum absolute atomic E-state index is 12.3. The Morgan fingerprint density at radius 1 is 1.04 bits per heavy atom. The third-order valence-electron chi connectivity index (χ3n) is 3.81. The van der Waals surface area contributed by atoms with E-state index >= 15 is 0 Å². The molecule has 26 heavy (non-hydrogen) atoms. The molecule has 0 aromatic heterocycles. The predicted octanol–water partition coefficient (Wildman–Crippen LogP) is 2.80. The second-order valence-corrected chi connectivity index (χ2v) is 5.75. The minimum absolute atomic E-state index is 0.0418. The number of nitrogens with one attached hydrogen (secondary N) is 1. The van der Waals surface area contributed by atoms with Crippen LogP contribution in [-0.2, 0) is 14.3 Å². The van der Waals surface area contributed by atoms with Crippen molar-refractivity contribution in [1.29, 1.82) is 0 Å². The fraction of sp³-hybridized carbons (Fsp3) is 0.300. The maximum Gasteiger partial charge on any atom is 0.307 e. The highest BCUT2D eigenvalue weighted by Gasteiger charge is 2.19. The SMILES string of the molecule is COC(=O)CC(NC(=O)COc1ccc(C)cc1OC)c1ccccc1. The number of benzene rings is 2. The quantitative estimate of drug-likeness (QED) is 0.736. The van der Waals surface area contributed by atoms with Crippen LogP contribution < -0.4 is 14.8 Å². The number of esters is 1. The van der Waals surface area contributed by atoms with Crippen molar-refractivity contribution in [2.45, 2.75) is 19.4 Å². The number of carbonyl (C=O) groups excluding carboxylic acids is 2. The predicted molar refractivity (Wildman–Crippen MR) is 97.2 cm³/mol. The third-order valence-corrected chi connectivity index (χ3v) is 3.81. The zero-order valence-electron chi connectivity index (χ0n) is 15.2. The molecule has 0 radical (unpaired) electrons. The van der Waals surface area contributed by atoms with Crippen LogP contribution in [0.4, 0.5) is 0 Å². The van der Waals surface area contributed by atoms with Crippen LogP contribution in [0.25, 0.3) is 0 Å². The molecule has 2 rings (SSSR count). The number of methoxy groups -OCH3 is 2. The molecule has 0 fully saturated rings. The Morgan fingerprint density at radius 2 is 1.77 bits per heavy atom. The molecule has 0 spiro atoms. The molecule has 0 bridgehead atoms. The fourth-order valence-corrected chi connectivity index (χ4v) is 2.46. The highest BCUT2D eigenvalue weighted by molar-refractivity contribution is 5.79. The lowest BCUT2D eigenvalue weighted by atomic mass is 10.0. The summed E-state index contributed by atoms with van der Waals surface area (Å²) in [6.45, 7) is 1.75. The molecule has 6 nitrogen and oxygen atoms in total. The van der Waals surface area contributed by atoms with Crippen LogP contribution in [0, 0.1) is 6.92 Å². The van der Waals surface area contributed by atoms with Crippen LogP contribution in [0.5, 0.6) is 11.5 Å². The van der Waals surface area contributed by atoms with Crippen LogP contribution in [0.1, 0.15) is 23.6 Å². The highest BCUT2D eigenvalue weighted by atomic mass is 16.5. The van der Waals surface area contributed by atoms with Gasteiger partial charge in [-0.15, -0.1) is 0 Å². The molecule has 0 aliphatic rings. The molecular weight excluding hydrogens is 334 g/mol. The molecule has 2 aromatic rings. The number of carbonyl (C=O) groups is 2. The number of aryl methyl sites for hydroxylation is 1. The summed E-state index contributed by atoms with van der Waals surface area (Å²) in [7, 11) is 2.86. The van der Waals surface area contributed by atoms with Gasteiger partial charge in [-0.2, -0.15) is 0 Å². The van der Waals surface area contributed by atoms with Gasteiger partial charge in [-0.05, 0) is 30.2 Å². The Balaban J connectivity index is 2.02. The molecule has 0 aliphatic heterocycles. The Kier molecular flexibility index (Phi) is 7.02. The fourth-order valence-electron chi connectivity index (χ4n) is 2.46. The van der Waals surface area contributed by atoms with Gasteiger partial charge >= 0.3 is 5.97 Å². The van der Waals surface area contributed by atoms with Crippen LogP contribution in [0.3, 0.4) is 0 Å². The molecule has 2 aromatic carbocycles. The third kappa shape index (κ3) is 5.51. The topological polar surface area (TPSA) is 73.9 Å². The lowest BCUT2D eigenvalue weighted by molar-refractivity contribution is -0.141. The van der Waals surface area contributed by atoms with E-state index in [-0.39, 0.29) is 18.9 Å². The van der Waals surface area contributed by atoms with Gasteiger partial charge in [0.15, 0.2) is 18.1 Å². The van der Waals surface area contributed by atoms with Crippen molar-refractivity contribution in [3.8, 4) is 11.5 Å². The van der Waals surface area contributed by atoms with Crippen LogP contribution >= 0.6 is 0 Å². The number of amides is 1. The number of rotatable bonds is 8. The summed E-state index contributed by atoms with van der Waals surface area (Å²) in [5.74, 6) is 0.301. The summed E-state index contributed by atoms with van der Waals surface area (Å²) in [4.78, 5) is 24.0. The van der Waals surface area contributed by atoms with Gasteiger partial charge in [0.05, 0.1) is 26.7 Å². The molecule has 138 valence electrons. The van der Waals surface area contributed by atoms with E-state index in [4.69, 9.17) is 14.2 Å². The second kappa shape index (κ2) is 9.46. The monoisotopic (exact) mass is 357 g/mol. The number of ether oxygens (including phenoxy) is 3. The van der Waals surface area contributed by atoms with Crippen molar-refractivity contribution in [3.63, 3.8) is 0 Å². The van der Waals surface area contributed by atoms with Crippen LogP contribution in [-0.4, -0.2) is 32.7 Å². The van der Waals surface area contributed by atoms with Gasteiger partial charge in [0.25, 0.3) is 5.91 Å². The smallest absolute Gasteiger partial charge is 0.307 e. The first kappa shape index (κ1) is 19.3. The number of hydrogen-bond donors (Lipinski definition) is 1. The van der Waals surface area contributed by atoms with Crippen molar-refractivity contribution in [3.05, 3.63) is 59.7 Å². The average Bonchev–Trinajstić information content (AvgIpc) is 2.66. The normalized spacial score (nSPS) is 11.3. The standard InChI is InChI=1S/C20H23NO5/c1-14-9-10-17(18(11-14)24-2)26-13-19(22)21-16(12-20(23)25-3)15-7-5-4-6-8-15/h4-11,16H,12-13H2,1-3H3,(H,21,22). The summed E-state index contributed by atoms with van der Waals surface area (Å²) in [6, 6.07) is 14.2. The van der Waals surface area contributed by atoms with Gasteiger partial charge in [0.2, 0.25) is 0 Å². The van der Waals surface area contributed by atoms with E-state index in [0.29, 0.717) is 11.5 Å². The van der Waals surface area contributed by atoms with Gasteiger partial charge in [-0.25, -0.2) is 0 Å². The molecule has 0 heterocycles. The first-order chi connectivity index (χ1) is 12.5. The van der Waals surface area contributed by atoms with Crippen LogP contribution in [0.2, 0.25) is 0 Å². The molecule has 0 saturated carbocycles. The van der Waals surface area contributed by atoms with E-state index in [1.165, 1.54) is 7.11 Å². The molecule has 0 saturated heterocycles.